The van der Waals surface area contributed by atoms with Crippen LogP contribution in [0.1, 0.15) is 52.4 Å². The standard InChI is InChI=1S/C30H54N14O10/c1-4-16(23(48)44-20(13-45)27(52)39-15(3)28(53)54)40-24(49)18(8-6-12-38-30(35)36)42-26(51)19(9-10-21(32)46)43-25(50)17(41-22(47)14(2)31)7-5-11-37-29(33)34/h4,14-20,45H,1,5-13,31H2,2-3H3,(H2,32,46)(H,39,52)(H,40,49)(H,41,47)(H,42,51)(H,43,50)(H,44,48)(H,53,54)(H4,33,34,37)(H4,35,36,38)/t14-,15-,16-,17-,18-,19-,20?/m0/s1. The van der Waals surface area contributed by atoms with Gasteiger partial charge in [-0.25, -0.2) is 0 Å². The van der Waals surface area contributed by atoms with Crippen molar-refractivity contribution in [2.45, 2.75) is 94.7 Å². The number of carboxylic acid groups (broad SMARTS) is 1. The molecule has 0 bridgehead atoms. The summed E-state index contributed by atoms with van der Waals surface area (Å²) in [5.41, 5.74) is 32.3. The Morgan fingerprint density at radius 3 is 1.43 bits per heavy atom. The SMILES string of the molecule is C=C[C@H](NC(=O)[C@H](CCCN=C(N)N)NC(=O)[C@H](CCC(N)=O)NC(=O)[C@H](CCCN=C(N)N)NC(=O)[C@H](C)N)C(=O)NC(CO)C(=O)N[C@@H](C)C(=O)O. The van der Waals surface area contributed by atoms with Crippen LogP contribution in [0.5, 0.6) is 0 Å². The van der Waals surface area contributed by atoms with Crippen molar-refractivity contribution in [3.63, 3.8) is 0 Å². The second kappa shape index (κ2) is 25.0. The van der Waals surface area contributed by atoms with Gasteiger partial charge in [-0.15, -0.1) is 6.58 Å². The molecule has 0 aliphatic rings. The normalized spacial score (nSPS) is 14.4. The lowest BCUT2D eigenvalue weighted by Gasteiger charge is -2.26. The number of nitrogens with one attached hydrogen (secondary N) is 6. The summed E-state index contributed by atoms with van der Waals surface area (Å²) < 4.78 is 0. The molecule has 0 heterocycles. The van der Waals surface area contributed by atoms with Crippen molar-refractivity contribution in [2.75, 3.05) is 19.7 Å². The highest BCUT2D eigenvalue weighted by atomic mass is 16.4. The molecule has 0 spiro atoms. The fourth-order valence-corrected chi connectivity index (χ4v) is 4.26. The van der Waals surface area contributed by atoms with Gasteiger partial charge in [-0.05, 0) is 46.0 Å². The molecule has 0 aromatic heterocycles. The maximum Gasteiger partial charge on any atom is 0.325 e. The molecule has 7 amide bonds. The van der Waals surface area contributed by atoms with Crippen molar-refractivity contribution in [1.82, 2.24) is 31.9 Å². The fraction of sp³-hybridized carbons (Fsp3) is 0.600. The lowest BCUT2D eigenvalue weighted by molar-refractivity contribution is -0.142. The van der Waals surface area contributed by atoms with Crippen LogP contribution in [0.2, 0.25) is 0 Å². The number of aliphatic imine (C=N–C) groups is 2. The van der Waals surface area contributed by atoms with Crippen molar-refractivity contribution < 1.29 is 48.6 Å². The van der Waals surface area contributed by atoms with E-state index in [1.807, 2.05) is 0 Å². The van der Waals surface area contributed by atoms with Crippen molar-refractivity contribution in [3.8, 4) is 0 Å². The largest absolute Gasteiger partial charge is 0.480 e. The molecule has 0 rings (SSSR count). The summed E-state index contributed by atoms with van der Waals surface area (Å²) in [7, 11) is 0. The van der Waals surface area contributed by atoms with Gasteiger partial charge in [-0.3, -0.25) is 48.3 Å². The van der Waals surface area contributed by atoms with E-state index in [-0.39, 0.29) is 63.5 Å². The maximum atomic E-state index is 13.6. The van der Waals surface area contributed by atoms with E-state index in [9.17, 15) is 43.5 Å². The number of nitrogens with two attached hydrogens (primary N) is 6. The van der Waals surface area contributed by atoms with Crippen molar-refractivity contribution in [2.24, 2.45) is 44.4 Å². The fourth-order valence-electron chi connectivity index (χ4n) is 4.26. The minimum absolute atomic E-state index is 0.00342. The molecular weight excluding hydrogens is 716 g/mol. The Hall–Kier alpha value is -6.04. The number of carbonyl (C=O) groups excluding carboxylic acids is 7. The molecule has 24 nitrogen and oxygen atoms in total. The number of guanidine groups is 2. The molecule has 0 aromatic carbocycles. The van der Waals surface area contributed by atoms with Gasteiger partial charge in [0.15, 0.2) is 11.9 Å². The number of carbonyl (C=O) groups is 8. The molecular formula is C30H54N14O10. The number of nitrogens with zero attached hydrogens (tertiary/aromatic N) is 2. The van der Waals surface area contributed by atoms with E-state index in [0.717, 1.165) is 13.0 Å². The number of hydrogen-bond donors (Lipinski definition) is 14. The van der Waals surface area contributed by atoms with E-state index in [0.29, 0.717) is 0 Å². The Morgan fingerprint density at radius 1 is 0.630 bits per heavy atom. The van der Waals surface area contributed by atoms with Crippen LogP contribution in [0.15, 0.2) is 22.6 Å². The predicted octanol–water partition coefficient (Wildman–Crippen LogP) is -7.10. The minimum Gasteiger partial charge on any atom is -0.480 e. The van der Waals surface area contributed by atoms with Crippen molar-refractivity contribution in [1.29, 1.82) is 0 Å². The second-order valence-corrected chi connectivity index (χ2v) is 11.9. The van der Waals surface area contributed by atoms with E-state index >= 15 is 0 Å². The second-order valence-electron chi connectivity index (χ2n) is 11.9. The third-order valence-corrected chi connectivity index (χ3v) is 7.24. The molecule has 0 radical (unpaired) electrons. The molecule has 0 saturated carbocycles. The Morgan fingerprint density at radius 2 is 1.04 bits per heavy atom. The van der Waals surface area contributed by atoms with Gasteiger partial charge in [0.2, 0.25) is 41.4 Å². The Balaban J connectivity index is 6.25. The van der Waals surface area contributed by atoms with Gasteiger partial charge < -0.3 is 76.5 Å². The molecule has 0 aliphatic heterocycles. The van der Waals surface area contributed by atoms with Crippen LogP contribution >= 0.6 is 0 Å². The van der Waals surface area contributed by atoms with Gasteiger partial charge in [-0.1, -0.05) is 6.08 Å². The number of carboxylic acids is 1. The molecule has 1 unspecified atom stereocenters. The Bertz CT molecular complexity index is 1400. The summed E-state index contributed by atoms with van der Waals surface area (Å²) in [6.45, 7) is 5.21. The van der Waals surface area contributed by atoms with Crippen molar-refractivity contribution in [3.05, 3.63) is 12.7 Å². The molecule has 54 heavy (non-hydrogen) atoms. The monoisotopic (exact) mass is 770 g/mol. The van der Waals surface area contributed by atoms with E-state index in [1.54, 1.807) is 0 Å². The number of aliphatic hydroxyl groups is 1. The highest BCUT2D eigenvalue weighted by Crippen LogP contribution is 2.07. The van der Waals surface area contributed by atoms with Crippen LogP contribution in [0.25, 0.3) is 0 Å². The van der Waals surface area contributed by atoms with E-state index in [1.165, 1.54) is 6.92 Å². The van der Waals surface area contributed by atoms with Gasteiger partial charge in [-0.2, -0.15) is 0 Å². The minimum atomic E-state index is -1.61. The number of rotatable bonds is 26. The van der Waals surface area contributed by atoms with Crippen LogP contribution in [0, 0.1) is 0 Å². The van der Waals surface area contributed by atoms with Gasteiger partial charge in [0.1, 0.15) is 36.3 Å². The summed E-state index contributed by atoms with van der Waals surface area (Å²) in [4.78, 5) is 109. The predicted molar refractivity (Wildman–Crippen MR) is 194 cm³/mol. The van der Waals surface area contributed by atoms with E-state index in [4.69, 9.17) is 39.5 Å². The molecule has 20 N–H and O–H groups in total. The molecule has 0 saturated heterocycles. The summed E-state index contributed by atoms with van der Waals surface area (Å²) in [6, 6.07) is -9.67. The van der Waals surface area contributed by atoms with Gasteiger partial charge in [0, 0.05) is 19.5 Å². The molecule has 0 aromatic rings. The number of aliphatic hydroxyl groups excluding tert-OH is 1. The van der Waals surface area contributed by atoms with Gasteiger partial charge in [0.25, 0.3) is 0 Å². The first-order chi connectivity index (χ1) is 25.2. The molecule has 0 aliphatic carbocycles. The number of amides is 7. The topological polar surface area (TPSA) is 430 Å². The first-order valence-corrected chi connectivity index (χ1v) is 16.7. The third-order valence-electron chi connectivity index (χ3n) is 7.24. The van der Waals surface area contributed by atoms with Gasteiger partial charge in [0.05, 0.1) is 12.6 Å². The van der Waals surface area contributed by atoms with Crippen LogP contribution in [0.4, 0.5) is 0 Å². The number of primary amides is 1. The van der Waals surface area contributed by atoms with Crippen LogP contribution in [-0.2, 0) is 38.4 Å². The first-order valence-electron chi connectivity index (χ1n) is 16.7. The zero-order valence-corrected chi connectivity index (χ0v) is 30.2. The molecule has 24 heteroatoms. The number of hydrogen-bond acceptors (Lipinski definition) is 12. The van der Waals surface area contributed by atoms with Crippen LogP contribution < -0.4 is 66.3 Å². The summed E-state index contributed by atoms with van der Waals surface area (Å²) in [6.07, 6.45) is 0.457. The maximum absolute atomic E-state index is 13.6. The van der Waals surface area contributed by atoms with E-state index in [2.05, 4.69) is 48.5 Å². The Kier molecular flexibility index (Phi) is 22.2. The van der Waals surface area contributed by atoms with E-state index < -0.39 is 96.2 Å². The molecule has 0 fully saturated rings. The highest BCUT2D eigenvalue weighted by Gasteiger charge is 2.32. The highest BCUT2D eigenvalue weighted by molar-refractivity contribution is 5.97. The zero-order chi connectivity index (χ0) is 41.5. The Labute approximate surface area is 311 Å². The lowest BCUT2D eigenvalue weighted by Crippen LogP contribution is -2.59. The average molecular weight is 771 g/mol. The third kappa shape index (κ3) is 19.5. The first kappa shape index (κ1) is 48.0. The summed E-state index contributed by atoms with van der Waals surface area (Å²) >= 11 is 0. The van der Waals surface area contributed by atoms with Gasteiger partial charge >= 0.3 is 5.97 Å². The molecule has 7 atom stereocenters. The van der Waals surface area contributed by atoms with Crippen LogP contribution in [0.3, 0.4) is 0 Å². The number of aliphatic carboxylic acids is 1. The van der Waals surface area contributed by atoms with Crippen LogP contribution in [-0.4, -0.2) is 131 Å². The quantitative estimate of drug-likeness (QED) is 0.0168. The molecule has 304 valence electrons. The lowest BCUT2D eigenvalue weighted by atomic mass is 10.0. The average Bonchev–Trinajstić information content (AvgIpc) is 3.09. The summed E-state index contributed by atoms with van der Waals surface area (Å²) in [5.74, 6) is -8.16. The summed E-state index contributed by atoms with van der Waals surface area (Å²) in [5, 5.41) is 32.7. The van der Waals surface area contributed by atoms with Crippen molar-refractivity contribution >= 4 is 59.2 Å². The smallest absolute Gasteiger partial charge is 0.325 e. The zero-order valence-electron chi connectivity index (χ0n) is 30.2.